The number of carbonyl (C=O) groups is 2. The molecule has 0 unspecified atom stereocenters. The van der Waals surface area contributed by atoms with Gasteiger partial charge in [-0.05, 0) is 33.6 Å². The molecular formula is C11H20N2O4. The van der Waals surface area contributed by atoms with Crippen LogP contribution in [0, 0.1) is 0 Å². The first-order valence-electron chi connectivity index (χ1n) is 5.67. The van der Waals surface area contributed by atoms with E-state index in [9.17, 15) is 14.7 Å². The largest absolute Gasteiger partial charge is 0.480 e. The van der Waals surface area contributed by atoms with Gasteiger partial charge in [0.2, 0.25) is 0 Å². The summed E-state index contributed by atoms with van der Waals surface area (Å²) in [5, 5.41) is 21.1. The van der Waals surface area contributed by atoms with E-state index in [4.69, 9.17) is 5.11 Å². The number of carbonyl (C=O) groups excluding carboxylic acids is 1. The summed E-state index contributed by atoms with van der Waals surface area (Å²) in [6.45, 7) is 5.49. The first-order chi connectivity index (χ1) is 7.64. The van der Waals surface area contributed by atoms with Gasteiger partial charge in [-0.25, -0.2) is 9.59 Å². The minimum absolute atomic E-state index is 0.395. The topological polar surface area (TPSA) is 89.9 Å². The second-order valence-corrected chi connectivity index (χ2v) is 5.34. The minimum atomic E-state index is -1.28. The third kappa shape index (κ3) is 3.59. The number of carboxylic acids is 1. The first-order valence-corrected chi connectivity index (χ1v) is 5.67. The molecule has 0 bridgehead atoms. The van der Waals surface area contributed by atoms with E-state index in [-0.39, 0.29) is 0 Å². The fourth-order valence-corrected chi connectivity index (χ4v) is 1.59. The van der Waals surface area contributed by atoms with Crippen LogP contribution in [0.3, 0.4) is 0 Å². The molecular weight excluding hydrogens is 224 g/mol. The number of urea groups is 1. The Kier molecular flexibility index (Phi) is 3.66. The van der Waals surface area contributed by atoms with Crippen molar-refractivity contribution in [1.82, 2.24) is 10.2 Å². The molecule has 1 aliphatic heterocycles. The standard InChI is InChI=1S/C11H20N2O4/c1-10(2,8(14)15)12-9(16)13-6-4-11(3,17)5-7-13/h17H,4-7H2,1-3H3,(H,12,16)(H,14,15). The number of hydrogen-bond acceptors (Lipinski definition) is 3. The fourth-order valence-electron chi connectivity index (χ4n) is 1.59. The van der Waals surface area contributed by atoms with E-state index in [2.05, 4.69) is 5.32 Å². The number of nitrogens with one attached hydrogen (secondary N) is 1. The molecule has 98 valence electrons. The van der Waals surface area contributed by atoms with Gasteiger partial charge in [0.15, 0.2) is 0 Å². The van der Waals surface area contributed by atoms with Crippen LogP contribution in [0.1, 0.15) is 33.6 Å². The van der Waals surface area contributed by atoms with Gasteiger partial charge in [0.1, 0.15) is 5.54 Å². The second kappa shape index (κ2) is 4.52. The summed E-state index contributed by atoms with van der Waals surface area (Å²) < 4.78 is 0. The van der Waals surface area contributed by atoms with Gasteiger partial charge in [0, 0.05) is 13.1 Å². The van der Waals surface area contributed by atoms with E-state index < -0.39 is 23.1 Å². The number of amides is 2. The van der Waals surface area contributed by atoms with Crippen molar-refractivity contribution in [2.45, 2.75) is 44.8 Å². The quantitative estimate of drug-likeness (QED) is 0.656. The molecule has 3 N–H and O–H groups in total. The predicted molar refractivity (Wildman–Crippen MR) is 61.7 cm³/mol. The highest BCUT2D eigenvalue weighted by molar-refractivity contribution is 5.85. The summed E-state index contributed by atoms with van der Waals surface area (Å²) in [5.74, 6) is -1.07. The zero-order chi connectivity index (χ0) is 13.3. The highest BCUT2D eigenvalue weighted by Gasteiger charge is 2.34. The van der Waals surface area contributed by atoms with Gasteiger partial charge in [-0.3, -0.25) is 0 Å². The monoisotopic (exact) mass is 244 g/mol. The van der Waals surface area contributed by atoms with E-state index in [0.717, 1.165) is 0 Å². The van der Waals surface area contributed by atoms with Crippen LogP contribution in [-0.4, -0.2) is 51.3 Å². The molecule has 0 saturated carbocycles. The summed E-state index contributed by atoms with van der Waals surface area (Å²) in [6.07, 6.45) is 1.02. The average molecular weight is 244 g/mol. The van der Waals surface area contributed by atoms with E-state index in [0.29, 0.717) is 25.9 Å². The van der Waals surface area contributed by atoms with Gasteiger partial charge < -0.3 is 20.4 Å². The Morgan fingerprint density at radius 3 is 2.18 bits per heavy atom. The van der Waals surface area contributed by atoms with Crippen LogP contribution in [0.5, 0.6) is 0 Å². The number of likely N-dealkylation sites (tertiary alicyclic amines) is 1. The Morgan fingerprint density at radius 2 is 1.76 bits per heavy atom. The highest BCUT2D eigenvalue weighted by Crippen LogP contribution is 2.21. The lowest BCUT2D eigenvalue weighted by Crippen LogP contribution is -2.56. The number of nitrogens with zero attached hydrogens (tertiary/aromatic N) is 1. The SMILES string of the molecule is CC1(O)CCN(C(=O)NC(C)(C)C(=O)O)CC1. The van der Waals surface area contributed by atoms with Gasteiger partial charge in [-0.15, -0.1) is 0 Å². The van der Waals surface area contributed by atoms with Gasteiger partial charge in [0.25, 0.3) is 0 Å². The minimum Gasteiger partial charge on any atom is -0.480 e. The Labute approximate surface area is 101 Å². The van der Waals surface area contributed by atoms with Crippen molar-refractivity contribution in [1.29, 1.82) is 0 Å². The lowest BCUT2D eigenvalue weighted by molar-refractivity contribution is -0.143. The second-order valence-electron chi connectivity index (χ2n) is 5.34. The predicted octanol–water partition coefficient (Wildman–Crippen LogP) is 0.406. The fraction of sp³-hybridized carbons (Fsp3) is 0.818. The van der Waals surface area contributed by atoms with Crippen molar-refractivity contribution in [2.24, 2.45) is 0 Å². The van der Waals surface area contributed by atoms with Crippen LogP contribution in [0.15, 0.2) is 0 Å². The molecule has 0 radical (unpaired) electrons. The highest BCUT2D eigenvalue weighted by atomic mass is 16.4. The molecule has 2 amide bonds. The van der Waals surface area contributed by atoms with Crippen LogP contribution in [0.2, 0.25) is 0 Å². The molecule has 0 spiro atoms. The number of hydrogen-bond donors (Lipinski definition) is 3. The van der Waals surface area contributed by atoms with E-state index in [1.807, 2.05) is 0 Å². The molecule has 1 heterocycles. The lowest BCUT2D eigenvalue weighted by Gasteiger charge is -2.37. The summed E-state index contributed by atoms with van der Waals surface area (Å²) in [5.41, 5.74) is -2.00. The molecule has 1 aliphatic rings. The molecule has 17 heavy (non-hydrogen) atoms. The number of aliphatic hydroxyl groups is 1. The smallest absolute Gasteiger partial charge is 0.328 e. The maximum absolute atomic E-state index is 11.8. The van der Waals surface area contributed by atoms with Crippen LogP contribution in [0.4, 0.5) is 4.79 Å². The Bertz CT molecular complexity index is 315. The van der Waals surface area contributed by atoms with Crippen molar-refractivity contribution in [2.75, 3.05) is 13.1 Å². The molecule has 0 aromatic rings. The van der Waals surface area contributed by atoms with Crippen molar-refractivity contribution in [3.8, 4) is 0 Å². The molecule has 0 aromatic carbocycles. The van der Waals surface area contributed by atoms with E-state index >= 15 is 0 Å². The van der Waals surface area contributed by atoms with Gasteiger partial charge in [-0.2, -0.15) is 0 Å². The van der Waals surface area contributed by atoms with Crippen LogP contribution < -0.4 is 5.32 Å². The summed E-state index contributed by atoms with van der Waals surface area (Å²) in [4.78, 5) is 24.2. The third-order valence-corrected chi connectivity index (χ3v) is 3.08. The number of piperidine rings is 1. The van der Waals surface area contributed by atoms with E-state index in [1.165, 1.54) is 18.7 Å². The van der Waals surface area contributed by atoms with Gasteiger partial charge in [0.05, 0.1) is 5.60 Å². The first kappa shape index (κ1) is 13.8. The van der Waals surface area contributed by atoms with Crippen LogP contribution in [0.25, 0.3) is 0 Å². The van der Waals surface area contributed by atoms with Gasteiger partial charge >= 0.3 is 12.0 Å². The van der Waals surface area contributed by atoms with Gasteiger partial charge in [-0.1, -0.05) is 0 Å². The van der Waals surface area contributed by atoms with Crippen molar-refractivity contribution in [3.63, 3.8) is 0 Å². The summed E-state index contributed by atoms with van der Waals surface area (Å²) in [6, 6.07) is -0.395. The maximum Gasteiger partial charge on any atom is 0.328 e. The molecule has 1 saturated heterocycles. The number of aliphatic carboxylic acids is 1. The molecule has 0 atom stereocenters. The molecule has 6 heteroatoms. The zero-order valence-electron chi connectivity index (χ0n) is 10.5. The Hall–Kier alpha value is -1.30. The molecule has 6 nitrogen and oxygen atoms in total. The molecule has 0 aromatic heterocycles. The maximum atomic E-state index is 11.8. The summed E-state index contributed by atoms with van der Waals surface area (Å²) in [7, 11) is 0. The summed E-state index contributed by atoms with van der Waals surface area (Å²) >= 11 is 0. The third-order valence-electron chi connectivity index (χ3n) is 3.08. The number of rotatable bonds is 2. The number of carboxylic acid groups (broad SMARTS) is 1. The average Bonchev–Trinajstić information content (AvgIpc) is 2.16. The molecule has 0 aliphatic carbocycles. The van der Waals surface area contributed by atoms with E-state index in [1.54, 1.807) is 6.92 Å². The normalized spacial score (nSPS) is 19.9. The van der Waals surface area contributed by atoms with Crippen molar-refractivity contribution in [3.05, 3.63) is 0 Å². The van der Waals surface area contributed by atoms with Crippen LogP contribution in [-0.2, 0) is 4.79 Å². The Morgan fingerprint density at radius 1 is 1.29 bits per heavy atom. The zero-order valence-corrected chi connectivity index (χ0v) is 10.5. The molecule has 1 rings (SSSR count). The van der Waals surface area contributed by atoms with Crippen molar-refractivity contribution < 1.29 is 19.8 Å². The van der Waals surface area contributed by atoms with Crippen LogP contribution >= 0.6 is 0 Å². The molecule has 1 fully saturated rings. The van der Waals surface area contributed by atoms with Crippen molar-refractivity contribution >= 4 is 12.0 Å². The lowest BCUT2D eigenvalue weighted by atomic mass is 9.94. The Balaban J connectivity index is 2.53.